The van der Waals surface area contributed by atoms with Gasteiger partial charge in [-0.3, -0.25) is 4.79 Å². The molecular formula is C19H19ClN4O4. The highest BCUT2D eigenvalue weighted by atomic mass is 35.5. The second kappa shape index (κ2) is 7.37. The van der Waals surface area contributed by atoms with E-state index >= 15 is 0 Å². The summed E-state index contributed by atoms with van der Waals surface area (Å²) < 4.78 is 13.7. The van der Waals surface area contributed by atoms with Crippen molar-refractivity contribution in [3.63, 3.8) is 0 Å². The van der Waals surface area contributed by atoms with Gasteiger partial charge in [0.25, 0.3) is 5.56 Å². The van der Waals surface area contributed by atoms with E-state index in [0.29, 0.717) is 28.5 Å². The van der Waals surface area contributed by atoms with Crippen molar-refractivity contribution >= 4 is 28.6 Å². The van der Waals surface area contributed by atoms with Crippen LogP contribution in [-0.2, 0) is 22.6 Å². The van der Waals surface area contributed by atoms with E-state index in [1.807, 2.05) is 4.57 Å². The number of carbonyl (C=O) groups excluding carboxylic acids is 1. The molecule has 0 aliphatic carbocycles. The number of imidazole rings is 1. The normalized spacial score (nSPS) is 16.2. The zero-order valence-corrected chi connectivity index (χ0v) is 16.3. The van der Waals surface area contributed by atoms with Gasteiger partial charge in [-0.2, -0.15) is 5.10 Å². The molecule has 0 saturated carbocycles. The molecule has 3 heterocycles. The van der Waals surface area contributed by atoms with E-state index in [9.17, 15) is 9.59 Å². The highest BCUT2D eigenvalue weighted by Crippen LogP contribution is 2.23. The Kier molecular flexibility index (Phi) is 4.91. The number of methoxy groups -OCH3 is 1. The fourth-order valence-electron chi connectivity index (χ4n) is 3.19. The first-order chi connectivity index (χ1) is 13.5. The number of aromatic nitrogens is 4. The Hall–Kier alpha value is -2.71. The van der Waals surface area contributed by atoms with Gasteiger partial charge in [-0.05, 0) is 31.5 Å². The molecule has 1 aliphatic heterocycles. The van der Waals surface area contributed by atoms with Crippen LogP contribution in [0.3, 0.4) is 0 Å². The van der Waals surface area contributed by atoms with Crippen LogP contribution >= 0.6 is 11.6 Å². The Labute approximate surface area is 165 Å². The molecule has 8 nitrogen and oxygen atoms in total. The van der Waals surface area contributed by atoms with Gasteiger partial charge < -0.3 is 14.0 Å². The van der Waals surface area contributed by atoms with Crippen molar-refractivity contribution in [3.05, 3.63) is 56.7 Å². The van der Waals surface area contributed by atoms with Crippen LogP contribution in [0.5, 0.6) is 0 Å². The lowest BCUT2D eigenvalue weighted by molar-refractivity contribution is -0.0590. The second-order valence-electron chi connectivity index (χ2n) is 6.70. The molecule has 0 radical (unpaired) electrons. The Morgan fingerprint density at radius 1 is 1.43 bits per heavy atom. The number of ether oxygens (including phenoxy) is 2. The van der Waals surface area contributed by atoms with E-state index in [1.54, 1.807) is 25.1 Å². The molecule has 2 aromatic heterocycles. The predicted molar refractivity (Wildman–Crippen MR) is 103 cm³/mol. The van der Waals surface area contributed by atoms with E-state index in [1.165, 1.54) is 18.0 Å². The quantitative estimate of drug-likeness (QED) is 0.608. The van der Waals surface area contributed by atoms with E-state index in [4.69, 9.17) is 21.1 Å². The molecule has 1 aliphatic rings. The minimum absolute atomic E-state index is 0.0783. The number of hydrogen-bond acceptors (Lipinski definition) is 6. The van der Waals surface area contributed by atoms with E-state index in [-0.39, 0.29) is 18.2 Å². The van der Waals surface area contributed by atoms with Gasteiger partial charge in [0.15, 0.2) is 0 Å². The highest BCUT2D eigenvalue weighted by molar-refractivity contribution is 6.31. The molecule has 1 atom stereocenters. The number of nitrogens with zero attached hydrogens (tertiary/aromatic N) is 4. The van der Waals surface area contributed by atoms with Crippen molar-refractivity contribution in [1.82, 2.24) is 19.3 Å². The third kappa shape index (κ3) is 3.29. The van der Waals surface area contributed by atoms with Crippen LogP contribution in [-0.4, -0.2) is 45.1 Å². The molecular weight excluding hydrogens is 384 g/mol. The summed E-state index contributed by atoms with van der Waals surface area (Å²) in [6.07, 6.45) is 2.48. The third-order valence-corrected chi connectivity index (χ3v) is 5.32. The zero-order chi connectivity index (χ0) is 19.8. The van der Waals surface area contributed by atoms with Crippen LogP contribution in [0, 0.1) is 6.92 Å². The summed E-state index contributed by atoms with van der Waals surface area (Å²) in [7, 11) is 1.35. The number of benzene rings is 1. The lowest BCUT2D eigenvalue weighted by Crippen LogP contribution is -2.33. The standard InChI is InChI=1S/C19H19ClN4O4/c1-11-14(20)8-21-24(18(11)25)10-17-22-15-4-3-12(19(26)27-2)7-16(15)23(17)9-13-5-6-28-13/h3-4,7-8,13H,5-6,9-10H2,1-2H3/t13-/m0/s1. The molecule has 1 fully saturated rings. The van der Waals surface area contributed by atoms with Gasteiger partial charge >= 0.3 is 5.97 Å². The third-order valence-electron chi connectivity index (χ3n) is 4.94. The van der Waals surface area contributed by atoms with Crippen LogP contribution in [0.1, 0.15) is 28.2 Å². The maximum Gasteiger partial charge on any atom is 0.337 e. The van der Waals surface area contributed by atoms with Crippen molar-refractivity contribution in [2.24, 2.45) is 0 Å². The minimum atomic E-state index is -0.415. The predicted octanol–water partition coefficient (Wildman–Crippen LogP) is 2.18. The molecule has 3 aromatic rings. The Balaban J connectivity index is 1.80. The number of carbonyl (C=O) groups is 1. The van der Waals surface area contributed by atoms with Crippen LogP contribution in [0.15, 0.2) is 29.2 Å². The average molecular weight is 403 g/mol. The molecule has 146 valence electrons. The largest absolute Gasteiger partial charge is 0.465 e. The molecule has 0 N–H and O–H groups in total. The first kappa shape index (κ1) is 18.6. The van der Waals surface area contributed by atoms with Crippen molar-refractivity contribution in [3.8, 4) is 0 Å². The topological polar surface area (TPSA) is 88.2 Å². The number of hydrogen-bond donors (Lipinski definition) is 0. The first-order valence-electron chi connectivity index (χ1n) is 8.89. The molecule has 1 aromatic carbocycles. The molecule has 1 saturated heterocycles. The zero-order valence-electron chi connectivity index (χ0n) is 15.5. The second-order valence-corrected chi connectivity index (χ2v) is 7.10. The minimum Gasteiger partial charge on any atom is -0.465 e. The lowest BCUT2D eigenvalue weighted by Gasteiger charge is -2.27. The van der Waals surface area contributed by atoms with Gasteiger partial charge in [-0.25, -0.2) is 14.5 Å². The Bertz CT molecular complexity index is 1120. The number of rotatable bonds is 5. The Morgan fingerprint density at radius 3 is 2.89 bits per heavy atom. The van der Waals surface area contributed by atoms with Crippen LogP contribution in [0.4, 0.5) is 0 Å². The van der Waals surface area contributed by atoms with Gasteiger partial charge in [-0.15, -0.1) is 0 Å². The Morgan fingerprint density at radius 2 is 2.21 bits per heavy atom. The van der Waals surface area contributed by atoms with Crippen LogP contribution in [0.2, 0.25) is 5.02 Å². The lowest BCUT2D eigenvalue weighted by atomic mass is 10.1. The number of esters is 1. The smallest absolute Gasteiger partial charge is 0.337 e. The molecule has 0 bridgehead atoms. The van der Waals surface area contributed by atoms with E-state index in [0.717, 1.165) is 24.1 Å². The molecule has 0 unspecified atom stereocenters. The van der Waals surface area contributed by atoms with Gasteiger partial charge in [0.05, 0.1) is 47.6 Å². The van der Waals surface area contributed by atoms with Gasteiger partial charge in [0.2, 0.25) is 0 Å². The summed E-state index contributed by atoms with van der Waals surface area (Å²) in [5.41, 5.74) is 2.12. The molecule has 0 amide bonds. The summed E-state index contributed by atoms with van der Waals surface area (Å²) in [5.74, 6) is 0.242. The summed E-state index contributed by atoms with van der Waals surface area (Å²) in [6.45, 7) is 3.16. The first-order valence-corrected chi connectivity index (χ1v) is 9.27. The fraction of sp³-hybridized carbons (Fsp3) is 0.368. The average Bonchev–Trinajstić information content (AvgIpc) is 3.00. The van der Waals surface area contributed by atoms with E-state index in [2.05, 4.69) is 10.1 Å². The van der Waals surface area contributed by atoms with Gasteiger partial charge in [0.1, 0.15) is 12.4 Å². The number of halogens is 1. The molecule has 9 heteroatoms. The fourth-order valence-corrected chi connectivity index (χ4v) is 3.31. The van der Waals surface area contributed by atoms with Crippen molar-refractivity contribution in [2.45, 2.75) is 32.5 Å². The van der Waals surface area contributed by atoms with E-state index < -0.39 is 5.97 Å². The van der Waals surface area contributed by atoms with Crippen LogP contribution in [0.25, 0.3) is 11.0 Å². The number of fused-ring (bicyclic) bond motifs is 1. The SMILES string of the molecule is COC(=O)c1ccc2nc(Cn3ncc(Cl)c(C)c3=O)n(C[C@@H]3CCO3)c2c1. The maximum absolute atomic E-state index is 12.5. The van der Waals surface area contributed by atoms with Gasteiger partial charge in [0, 0.05) is 12.2 Å². The molecule has 4 rings (SSSR count). The summed E-state index contributed by atoms with van der Waals surface area (Å²) >= 11 is 5.98. The van der Waals surface area contributed by atoms with Crippen molar-refractivity contribution < 1.29 is 14.3 Å². The van der Waals surface area contributed by atoms with Crippen molar-refractivity contribution in [1.29, 1.82) is 0 Å². The highest BCUT2D eigenvalue weighted by Gasteiger charge is 2.23. The van der Waals surface area contributed by atoms with Gasteiger partial charge in [-0.1, -0.05) is 11.6 Å². The monoisotopic (exact) mass is 402 g/mol. The maximum atomic E-state index is 12.5. The summed E-state index contributed by atoms with van der Waals surface area (Å²) in [4.78, 5) is 29.1. The van der Waals surface area contributed by atoms with Crippen molar-refractivity contribution in [2.75, 3.05) is 13.7 Å². The molecule has 28 heavy (non-hydrogen) atoms. The van der Waals surface area contributed by atoms with Crippen LogP contribution < -0.4 is 5.56 Å². The summed E-state index contributed by atoms with van der Waals surface area (Å²) in [5, 5.41) is 4.46. The molecule has 0 spiro atoms. The summed E-state index contributed by atoms with van der Waals surface area (Å²) in [6, 6.07) is 5.19.